The normalized spacial score (nSPS) is 17.3. The molecule has 1 fully saturated rings. The van der Waals surface area contributed by atoms with Crippen LogP contribution >= 0.6 is 0 Å². The first kappa shape index (κ1) is 25.6. The molecule has 0 saturated carbocycles. The summed E-state index contributed by atoms with van der Waals surface area (Å²) in [4.78, 5) is 26.8. The van der Waals surface area contributed by atoms with Crippen LogP contribution in [-0.4, -0.2) is 60.9 Å². The zero-order valence-electron chi connectivity index (χ0n) is 19.1. The van der Waals surface area contributed by atoms with Crippen molar-refractivity contribution in [3.8, 4) is 0 Å². The van der Waals surface area contributed by atoms with Gasteiger partial charge in [0.2, 0.25) is 15.9 Å². The molecule has 1 aliphatic rings. The van der Waals surface area contributed by atoms with Gasteiger partial charge in [-0.05, 0) is 62.7 Å². The predicted molar refractivity (Wildman–Crippen MR) is 120 cm³/mol. The van der Waals surface area contributed by atoms with Gasteiger partial charge in [0, 0.05) is 26.2 Å². The third kappa shape index (κ3) is 6.29. The minimum absolute atomic E-state index is 0.0110. The molecular weight excluding hydrogens is 468 g/mol. The molecule has 2 aromatic rings. The summed E-state index contributed by atoms with van der Waals surface area (Å²) >= 11 is 0. The molecule has 8 nitrogen and oxygen atoms in total. The Hall–Kier alpha value is -3.05. The summed E-state index contributed by atoms with van der Waals surface area (Å²) in [6, 6.07) is 8.52. The van der Waals surface area contributed by atoms with Crippen LogP contribution in [0.4, 0.5) is 13.6 Å². The highest BCUT2D eigenvalue weighted by atomic mass is 32.2. The van der Waals surface area contributed by atoms with Gasteiger partial charge in [0.1, 0.15) is 23.3 Å². The van der Waals surface area contributed by atoms with Crippen LogP contribution in [0.25, 0.3) is 0 Å². The second-order valence-electron chi connectivity index (χ2n) is 8.86. The first-order valence-corrected chi connectivity index (χ1v) is 12.1. The first-order valence-electron chi connectivity index (χ1n) is 10.6. The molecule has 1 atom stereocenters. The fourth-order valence-corrected chi connectivity index (χ4v) is 4.98. The second-order valence-corrected chi connectivity index (χ2v) is 10.7. The van der Waals surface area contributed by atoms with Crippen LogP contribution in [0, 0.1) is 11.6 Å². The molecule has 184 valence electrons. The Kier molecular flexibility index (Phi) is 7.57. The maximum absolute atomic E-state index is 13.3. The van der Waals surface area contributed by atoms with Gasteiger partial charge in [0.15, 0.2) is 0 Å². The number of nitrogens with zero attached hydrogens (tertiary/aromatic N) is 2. The van der Waals surface area contributed by atoms with Crippen LogP contribution < -0.4 is 5.32 Å². The predicted octanol–water partition coefficient (Wildman–Crippen LogP) is 2.89. The molecule has 0 spiro atoms. The quantitative estimate of drug-likeness (QED) is 0.688. The number of sulfonamides is 1. The van der Waals surface area contributed by atoms with Gasteiger partial charge in [0.25, 0.3) is 0 Å². The number of ether oxygens (including phenoxy) is 1. The Labute approximate surface area is 197 Å². The molecule has 1 N–H and O–H groups in total. The van der Waals surface area contributed by atoms with Gasteiger partial charge in [-0.3, -0.25) is 4.79 Å². The standard InChI is InChI=1S/C23H27F2N3O5S/c1-23(2,3)33-22(30)27-12-13-28(34(31,32)19-10-8-18(25)9-11-19)20(15-27)21(29)26-14-16-4-6-17(24)7-5-16/h4-11,20H,12-15H2,1-3H3,(H,26,29). The molecule has 1 saturated heterocycles. The van der Waals surface area contributed by atoms with Gasteiger partial charge < -0.3 is 15.0 Å². The zero-order chi connectivity index (χ0) is 25.1. The lowest BCUT2D eigenvalue weighted by atomic mass is 10.1. The van der Waals surface area contributed by atoms with Crippen LogP contribution in [0.1, 0.15) is 26.3 Å². The molecule has 0 radical (unpaired) electrons. The van der Waals surface area contributed by atoms with E-state index in [1.54, 1.807) is 20.8 Å². The molecule has 0 aromatic heterocycles. The van der Waals surface area contributed by atoms with E-state index in [0.29, 0.717) is 5.56 Å². The molecule has 1 aliphatic heterocycles. The average Bonchev–Trinajstić information content (AvgIpc) is 2.77. The second kappa shape index (κ2) is 10.1. The van der Waals surface area contributed by atoms with E-state index < -0.39 is 45.3 Å². The van der Waals surface area contributed by atoms with E-state index >= 15 is 0 Å². The lowest BCUT2D eigenvalue weighted by Crippen LogP contribution is -2.61. The summed E-state index contributed by atoms with van der Waals surface area (Å²) < 4.78 is 59.4. The van der Waals surface area contributed by atoms with E-state index in [0.717, 1.165) is 28.6 Å². The van der Waals surface area contributed by atoms with Crippen LogP contribution in [0.15, 0.2) is 53.4 Å². The number of carbonyl (C=O) groups excluding carboxylic acids is 2. The number of halogens is 2. The number of hydrogen-bond acceptors (Lipinski definition) is 5. The minimum atomic E-state index is -4.17. The van der Waals surface area contributed by atoms with Crippen LogP contribution in [0.3, 0.4) is 0 Å². The molecule has 11 heteroatoms. The Balaban J connectivity index is 1.84. The molecule has 1 heterocycles. The Morgan fingerprint density at radius 2 is 1.56 bits per heavy atom. The maximum atomic E-state index is 13.3. The van der Waals surface area contributed by atoms with Crippen molar-refractivity contribution in [2.45, 2.75) is 43.9 Å². The van der Waals surface area contributed by atoms with Crippen molar-refractivity contribution in [1.29, 1.82) is 0 Å². The number of carbonyl (C=O) groups is 2. The summed E-state index contributed by atoms with van der Waals surface area (Å²) in [5.74, 6) is -1.66. The Morgan fingerprint density at radius 1 is 1.00 bits per heavy atom. The Bertz CT molecular complexity index is 1130. The molecule has 0 bridgehead atoms. The molecule has 2 amide bonds. The summed E-state index contributed by atoms with van der Waals surface area (Å²) in [6.45, 7) is 4.76. The van der Waals surface area contributed by atoms with Crippen molar-refractivity contribution in [2.24, 2.45) is 0 Å². The highest BCUT2D eigenvalue weighted by molar-refractivity contribution is 7.89. The monoisotopic (exact) mass is 495 g/mol. The third-order valence-electron chi connectivity index (χ3n) is 5.09. The van der Waals surface area contributed by atoms with Crippen molar-refractivity contribution in [3.63, 3.8) is 0 Å². The number of hydrogen-bond donors (Lipinski definition) is 1. The summed E-state index contributed by atoms with van der Waals surface area (Å²) in [5.41, 5.74) is -0.156. The van der Waals surface area contributed by atoms with Crippen molar-refractivity contribution in [1.82, 2.24) is 14.5 Å². The lowest BCUT2D eigenvalue weighted by molar-refractivity contribution is -0.126. The van der Waals surface area contributed by atoms with Crippen molar-refractivity contribution in [2.75, 3.05) is 19.6 Å². The summed E-state index contributed by atoms with van der Waals surface area (Å²) in [5, 5.41) is 2.65. The molecule has 1 unspecified atom stereocenters. The number of piperazine rings is 1. The van der Waals surface area contributed by atoms with E-state index in [-0.39, 0.29) is 31.1 Å². The van der Waals surface area contributed by atoms with Crippen molar-refractivity contribution in [3.05, 3.63) is 65.7 Å². The smallest absolute Gasteiger partial charge is 0.410 e. The average molecular weight is 496 g/mol. The lowest BCUT2D eigenvalue weighted by Gasteiger charge is -2.39. The van der Waals surface area contributed by atoms with Gasteiger partial charge in [-0.15, -0.1) is 0 Å². The van der Waals surface area contributed by atoms with E-state index in [1.807, 2.05) is 0 Å². The van der Waals surface area contributed by atoms with Gasteiger partial charge in [0.05, 0.1) is 4.90 Å². The topological polar surface area (TPSA) is 96.0 Å². The maximum Gasteiger partial charge on any atom is 0.410 e. The molecule has 34 heavy (non-hydrogen) atoms. The van der Waals surface area contributed by atoms with E-state index in [2.05, 4.69) is 5.32 Å². The van der Waals surface area contributed by atoms with Gasteiger partial charge >= 0.3 is 6.09 Å². The van der Waals surface area contributed by atoms with Crippen molar-refractivity contribution >= 4 is 22.0 Å². The number of amides is 2. The number of benzene rings is 2. The summed E-state index contributed by atoms with van der Waals surface area (Å²) in [6.07, 6.45) is -0.664. The van der Waals surface area contributed by atoms with E-state index in [4.69, 9.17) is 4.74 Å². The van der Waals surface area contributed by atoms with E-state index in [1.165, 1.54) is 29.2 Å². The molecule has 0 aliphatic carbocycles. The number of rotatable bonds is 5. The fourth-order valence-electron chi connectivity index (χ4n) is 3.41. The van der Waals surface area contributed by atoms with Gasteiger partial charge in [-0.2, -0.15) is 4.31 Å². The minimum Gasteiger partial charge on any atom is -0.444 e. The van der Waals surface area contributed by atoms with Gasteiger partial charge in [-0.25, -0.2) is 22.0 Å². The van der Waals surface area contributed by atoms with Crippen LogP contribution in [0.2, 0.25) is 0 Å². The SMILES string of the molecule is CC(C)(C)OC(=O)N1CCN(S(=O)(=O)c2ccc(F)cc2)C(C(=O)NCc2ccc(F)cc2)C1. The largest absolute Gasteiger partial charge is 0.444 e. The fraction of sp³-hybridized carbons (Fsp3) is 0.391. The van der Waals surface area contributed by atoms with Gasteiger partial charge in [-0.1, -0.05) is 12.1 Å². The molecular formula is C23H27F2N3O5S. The highest BCUT2D eigenvalue weighted by Crippen LogP contribution is 2.23. The van der Waals surface area contributed by atoms with Crippen LogP contribution in [-0.2, 0) is 26.1 Å². The zero-order valence-corrected chi connectivity index (χ0v) is 19.9. The third-order valence-corrected chi connectivity index (χ3v) is 7.01. The van der Waals surface area contributed by atoms with Crippen molar-refractivity contribution < 1.29 is 31.5 Å². The first-order chi connectivity index (χ1) is 15.9. The molecule has 3 rings (SSSR count). The molecule has 2 aromatic carbocycles. The van der Waals surface area contributed by atoms with Crippen LogP contribution in [0.5, 0.6) is 0 Å². The highest BCUT2D eigenvalue weighted by Gasteiger charge is 2.42. The Morgan fingerprint density at radius 3 is 2.12 bits per heavy atom. The van der Waals surface area contributed by atoms with E-state index in [9.17, 15) is 26.8 Å². The number of nitrogens with one attached hydrogen (secondary N) is 1. The summed E-state index contributed by atoms with van der Waals surface area (Å²) in [7, 11) is -4.17.